The van der Waals surface area contributed by atoms with Crippen molar-refractivity contribution in [3.05, 3.63) is 49.9 Å². The minimum Gasteiger partial charge on any atom is -0.465 e. The first kappa shape index (κ1) is 14.7. The van der Waals surface area contributed by atoms with Crippen LogP contribution in [0, 0.1) is 0 Å². The van der Waals surface area contributed by atoms with Crippen LogP contribution in [0.25, 0.3) is 6.08 Å². The molecule has 0 fully saturated rings. The fraction of sp³-hybridized carbons (Fsp3) is 0.143. The molecule has 0 aliphatic carbocycles. The Morgan fingerprint density at radius 3 is 1.90 bits per heavy atom. The first-order chi connectivity index (χ1) is 9.65. The molecule has 0 atom stereocenters. The first-order valence-corrected chi connectivity index (χ1v) is 7.32. The van der Waals surface area contributed by atoms with Crippen LogP contribution in [0.15, 0.2) is 44.4 Å². The Morgan fingerprint density at radius 2 is 1.45 bits per heavy atom. The number of carbonyl (C=O) groups excluding carboxylic acids is 2. The molecular formula is C14H12O4S2. The van der Waals surface area contributed by atoms with E-state index in [2.05, 4.69) is 0 Å². The van der Waals surface area contributed by atoms with Crippen molar-refractivity contribution in [1.82, 2.24) is 0 Å². The van der Waals surface area contributed by atoms with Crippen LogP contribution in [-0.2, 0) is 19.1 Å². The molecule has 0 N–H and O–H groups in total. The van der Waals surface area contributed by atoms with Crippen LogP contribution in [0.5, 0.6) is 0 Å². The summed E-state index contributed by atoms with van der Waals surface area (Å²) in [6.07, 6.45) is 1.91. The van der Waals surface area contributed by atoms with E-state index in [9.17, 15) is 9.59 Å². The molecule has 0 radical (unpaired) electrons. The van der Waals surface area contributed by atoms with Crippen molar-refractivity contribution in [1.29, 1.82) is 0 Å². The molecule has 6 heteroatoms. The predicted molar refractivity (Wildman–Crippen MR) is 80.7 cm³/mol. The fourth-order valence-electron chi connectivity index (χ4n) is 1.51. The van der Waals surface area contributed by atoms with E-state index in [-0.39, 0.29) is 9.81 Å². The number of esters is 2. The van der Waals surface area contributed by atoms with Gasteiger partial charge in [0.05, 0.1) is 18.5 Å². The molecule has 0 spiro atoms. The van der Waals surface area contributed by atoms with E-state index in [0.717, 1.165) is 9.80 Å². The molecule has 0 saturated heterocycles. The van der Waals surface area contributed by atoms with Crippen molar-refractivity contribution in [2.24, 2.45) is 0 Å². The van der Waals surface area contributed by atoms with Crippen molar-refractivity contribution in [3.63, 3.8) is 0 Å². The third-order valence-corrected chi connectivity index (χ3v) is 4.85. The molecule has 0 bridgehead atoms. The number of hydrogen-bond acceptors (Lipinski definition) is 6. The maximum Gasteiger partial charge on any atom is 0.346 e. The summed E-state index contributed by atoms with van der Waals surface area (Å²) in [7, 11) is 2.57. The highest BCUT2D eigenvalue weighted by Crippen LogP contribution is 2.50. The Bertz CT molecular complexity index is 560. The van der Waals surface area contributed by atoms with E-state index in [1.54, 1.807) is 0 Å². The van der Waals surface area contributed by atoms with Crippen molar-refractivity contribution in [2.45, 2.75) is 0 Å². The van der Waals surface area contributed by atoms with Crippen molar-refractivity contribution >= 4 is 41.5 Å². The van der Waals surface area contributed by atoms with Crippen LogP contribution >= 0.6 is 23.5 Å². The van der Waals surface area contributed by atoms with Gasteiger partial charge in [0.1, 0.15) is 9.81 Å². The molecule has 1 aliphatic heterocycles. The quantitative estimate of drug-likeness (QED) is 0.800. The highest BCUT2D eigenvalue weighted by molar-refractivity contribution is 8.29. The number of methoxy groups -OCH3 is 2. The molecule has 1 heterocycles. The third kappa shape index (κ3) is 3.26. The smallest absolute Gasteiger partial charge is 0.346 e. The lowest BCUT2D eigenvalue weighted by Gasteiger charge is -2.00. The van der Waals surface area contributed by atoms with Gasteiger partial charge in [0.15, 0.2) is 0 Å². The normalized spacial score (nSPS) is 14.2. The Balaban J connectivity index is 2.27. The molecule has 0 amide bonds. The van der Waals surface area contributed by atoms with Crippen LogP contribution in [0.2, 0.25) is 0 Å². The zero-order chi connectivity index (χ0) is 14.5. The highest BCUT2D eigenvalue weighted by Gasteiger charge is 2.32. The van der Waals surface area contributed by atoms with Gasteiger partial charge in [-0.15, -0.1) is 0 Å². The van der Waals surface area contributed by atoms with Gasteiger partial charge in [-0.1, -0.05) is 53.9 Å². The predicted octanol–water partition coefficient (Wildman–Crippen LogP) is 3.02. The Morgan fingerprint density at radius 1 is 0.950 bits per heavy atom. The minimum absolute atomic E-state index is 0.270. The fourth-order valence-corrected chi connectivity index (χ4v) is 3.91. The third-order valence-electron chi connectivity index (χ3n) is 2.44. The standard InChI is InChI=1S/C14H12O4S2/c1-17-13(15)11-12(14(16)18-2)20-10(19-11)8-9-6-4-3-5-7-9/h3-8H,1-2H3. The Labute approximate surface area is 125 Å². The second kappa shape index (κ2) is 6.67. The molecule has 1 aromatic rings. The van der Waals surface area contributed by atoms with Crippen molar-refractivity contribution in [2.75, 3.05) is 14.2 Å². The van der Waals surface area contributed by atoms with Gasteiger partial charge in [-0.05, 0) is 11.6 Å². The van der Waals surface area contributed by atoms with E-state index in [1.807, 2.05) is 36.4 Å². The van der Waals surface area contributed by atoms with Gasteiger partial charge in [-0.3, -0.25) is 0 Å². The van der Waals surface area contributed by atoms with Gasteiger partial charge in [0.2, 0.25) is 0 Å². The summed E-state index contributed by atoms with van der Waals surface area (Å²) in [5, 5.41) is 0. The van der Waals surface area contributed by atoms with Crippen molar-refractivity contribution in [3.8, 4) is 0 Å². The molecular weight excluding hydrogens is 296 g/mol. The van der Waals surface area contributed by atoms with E-state index < -0.39 is 11.9 Å². The van der Waals surface area contributed by atoms with Gasteiger partial charge in [-0.25, -0.2) is 9.59 Å². The summed E-state index contributed by atoms with van der Waals surface area (Å²) in [6.45, 7) is 0. The maximum absolute atomic E-state index is 11.7. The van der Waals surface area contributed by atoms with Crippen LogP contribution in [-0.4, -0.2) is 26.2 Å². The van der Waals surface area contributed by atoms with Gasteiger partial charge < -0.3 is 9.47 Å². The topological polar surface area (TPSA) is 52.6 Å². The Hall–Kier alpha value is -1.66. The van der Waals surface area contributed by atoms with Gasteiger partial charge >= 0.3 is 11.9 Å². The molecule has 0 saturated carbocycles. The Kier molecular flexibility index (Phi) is 4.92. The summed E-state index contributed by atoms with van der Waals surface area (Å²) in [6, 6.07) is 9.66. The molecule has 1 aromatic carbocycles. The van der Waals surface area contributed by atoms with E-state index >= 15 is 0 Å². The number of ether oxygens (including phenoxy) is 2. The van der Waals surface area contributed by atoms with Crippen LogP contribution in [0.3, 0.4) is 0 Å². The molecule has 2 rings (SSSR count). The van der Waals surface area contributed by atoms with Crippen LogP contribution < -0.4 is 0 Å². The monoisotopic (exact) mass is 308 g/mol. The van der Waals surface area contributed by atoms with Crippen LogP contribution in [0.4, 0.5) is 0 Å². The first-order valence-electron chi connectivity index (χ1n) is 5.69. The average Bonchev–Trinajstić information content (AvgIpc) is 2.90. The number of thioether (sulfide) groups is 2. The number of hydrogen-bond donors (Lipinski definition) is 0. The summed E-state index contributed by atoms with van der Waals surface area (Å²) >= 11 is 2.44. The molecule has 4 nitrogen and oxygen atoms in total. The SMILES string of the molecule is COC(=O)C1=C(C(=O)OC)SC(=Cc2ccccc2)S1. The molecule has 20 heavy (non-hydrogen) atoms. The van der Waals surface area contributed by atoms with E-state index in [1.165, 1.54) is 37.7 Å². The maximum atomic E-state index is 11.7. The lowest BCUT2D eigenvalue weighted by molar-refractivity contribution is -0.138. The summed E-state index contributed by atoms with van der Waals surface area (Å²) < 4.78 is 10.2. The molecule has 104 valence electrons. The van der Waals surface area contributed by atoms with E-state index in [4.69, 9.17) is 9.47 Å². The van der Waals surface area contributed by atoms with Gasteiger partial charge in [0, 0.05) is 0 Å². The lowest BCUT2D eigenvalue weighted by Crippen LogP contribution is -2.08. The number of benzene rings is 1. The summed E-state index contributed by atoms with van der Waals surface area (Å²) in [5.41, 5.74) is 0.998. The summed E-state index contributed by atoms with van der Waals surface area (Å²) in [4.78, 5) is 23.9. The summed E-state index contributed by atoms with van der Waals surface area (Å²) in [5.74, 6) is -1.06. The lowest BCUT2D eigenvalue weighted by atomic mass is 10.2. The second-order valence-corrected chi connectivity index (χ2v) is 6.08. The molecule has 0 aromatic heterocycles. The average molecular weight is 308 g/mol. The number of carbonyl (C=O) groups is 2. The van der Waals surface area contributed by atoms with Crippen LogP contribution in [0.1, 0.15) is 5.56 Å². The molecule has 0 unspecified atom stereocenters. The minimum atomic E-state index is -0.528. The van der Waals surface area contributed by atoms with Crippen molar-refractivity contribution < 1.29 is 19.1 Å². The van der Waals surface area contributed by atoms with Gasteiger partial charge in [-0.2, -0.15) is 0 Å². The second-order valence-electron chi connectivity index (χ2n) is 3.72. The number of rotatable bonds is 3. The largest absolute Gasteiger partial charge is 0.465 e. The highest BCUT2D eigenvalue weighted by atomic mass is 32.2. The zero-order valence-corrected chi connectivity index (χ0v) is 12.5. The molecule has 1 aliphatic rings. The zero-order valence-electron chi connectivity index (χ0n) is 10.9. The van der Waals surface area contributed by atoms with E-state index in [0.29, 0.717) is 0 Å². The van der Waals surface area contributed by atoms with Gasteiger partial charge in [0.25, 0.3) is 0 Å².